The predicted molar refractivity (Wildman–Crippen MR) is 61.5 cm³/mol. The molecule has 0 aromatic carbocycles. The van der Waals surface area contributed by atoms with Crippen molar-refractivity contribution < 1.29 is 4.79 Å². The summed E-state index contributed by atoms with van der Waals surface area (Å²) in [6.45, 7) is 8.85. The number of amides is 1. The zero-order valence-electron chi connectivity index (χ0n) is 9.99. The van der Waals surface area contributed by atoms with Crippen molar-refractivity contribution in [3.8, 4) is 0 Å². The molecular formula is C11H23N3O. The summed E-state index contributed by atoms with van der Waals surface area (Å²) in [6, 6.07) is 0.832. The molecule has 0 bridgehead atoms. The van der Waals surface area contributed by atoms with Crippen LogP contribution in [0.5, 0.6) is 0 Å². The van der Waals surface area contributed by atoms with Crippen molar-refractivity contribution in [2.75, 3.05) is 19.6 Å². The van der Waals surface area contributed by atoms with Crippen LogP contribution in [0.25, 0.3) is 0 Å². The van der Waals surface area contributed by atoms with Gasteiger partial charge in [-0.3, -0.25) is 9.69 Å². The minimum absolute atomic E-state index is 0.231. The van der Waals surface area contributed by atoms with E-state index < -0.39 is 0 Å². The molecule has 0 aromatic rings. The van der Waals surface area contributed by atoms with E-state index >= 15 is 0 Å². The van der Waals surface area contributed by atoms with E-state index in [9.17, 15) is 4.79 Å². The van der Waals surface area contributed by atoms with E-state index in [1.54, 1.807) is 0 Å². The van der Waals surface area contributed by atoms with Gasteiger partial charge in [-0.15, -0.1) is 0 Å². The molecule has 1 amide bonds. The Morgan fingerprint density at radius 2 is 2.20 bits per heavy atom. The summed E-state index contributed by atoms with van der Waals surface area (Å²) in [5.74, 6) is 0.414. The van der Waals surface area contributed by atoms with Gasteiger partial charge >= 0.3 is 0 Å². The molecule has 3 N–H and O–H groups in total. The van der Waals surface area contributed by atoms with E-state index in [2.05, 4.69) is 31.0 Å². The number of carbonyl (C=O) groups is 1. The number of hydrogen-bond acceptors (Lipinski definition) is 3. The van der Waals surface area contributed by atoms with Gasteiger partial charge in [0.1, 0.15) is 0 Å². The molecule has 88 valence electrons. The normalized spacial score (nSPS) is 26.5. The zero-order valence-corrected chi connectivity index (χ0v) is 9.99. The maximum atomic E-state index is 11.0. The first kappa shape index (κ1) is 12.5. The number of nitrogens with zero attached hydrogens (tertiary/aromatic N) is 1. The van der Waals surface area contributed by atoms with Crippen LogP contribution in [0, 0.1) is 5.92 Å². The third-order valence-corrected chi connectivity index (χ3v) is 3.26. The van der Waals surface area contributed by atoms with Gasteiger partial charge in [0.25, 0.3) is 0 Å². The molecule has 0 aromatic heterocycles. The van der Waals surface area contributed by atoms with Crippen molar-refractivity contribution in [2.45, 2.75) is 39.3 Å². The average molecular weight is 213 g/mol. The highest BCUT2D eigenvalue weighted by Gasteiger charge is 2.32. The first-order valence-electron chi connectivity index (χ1n) is 5.81. The second kappa shape index (κ2) is 5.47. The van der Waals surface area contributed by atoms with Crippen LogP contribution in [0.4, 0.5) is 0 Å². The standard InChI is InChI=1S/C11H23N3O/c1-4-9-5-13-6-10(9)14(8(2)3)7-11(12)15/h8-10,13H,4-7H2,1-3H3,(H2,12,15). The number of nitrogens with two attached hydrogens (primary N) is 1. The maximum Gasteiger partial charge on any atom is 0.231 e. The van der Waals surface area contributed by atoms with Gasteiger partial charge < -0.3 is 11.1 Å². The molecule has 0 saturated carbocycles. The first-order valence-corrected chi connectivity index (χ1v) is 5.81. The Balaban J connectivity index is 2.65. The van der Waals surface area contributed by atoms with Gasteiger partial charge in [-0.25, -0.2) is 0 Å². The summed E-state index contributed by atoms with van der Waals surface area (Å²) in [5, 5.41) is 3.39. The molecule has 1 heterocycles. The van der Waals surface area contributed by atoms with E-state index in [1.807, 2.05) is 0 Å². The van der Waals surface area contributed by atoms with Crippen molar-refractivity contribution in [1.82, 2.24) is 10.2 Å². The fourth-order valence-corrected chi connectivity index (χ4v) is 2.39. The van der Waals surface area contributed by atoms with Crippen LogP contribution in [-0.4, -0.2) is 42.5 Å². The lowest BCUT2D eigenvalue weighted by Crippen LogP contribution is -2.48. The Labute approximate surface area is 92.2 Å². The smallest absolute Gasteiger partial charge is 0.231 e. The van der Waals surface area contributed by atoms with Crippen LogP contribution in [0.15, 0.2) is 0 Å². The van der Waals surface area contributed by atoms with Crippen molar-refractivity contribution >= 4 is 5.91 Å². The Morgan fingerprint density at radius 1 is 1.53 bits per heavy atom. The first-order chi connectivity index (χ1) is 7.06. The number of rotatable bonds is 5. The molecule has 15 heavy (non-hydrogen) atoms. The van der Waals surface area contributed by atoms with Crippen LogP contribution in [0.2, 0.25) is 0 Å². The number of hydrogen-bond donors (Lipinski definition) is 2. The lowest BCUT2D eigenvalue weighted by atomic mass is 9.98. The molecule has 1 rings (SSSR count). The maximum absolute atomic E-state index is 11.0. The van der Waals surface area contributed by atoms with Gasteiger partial charge in [-0.1, -0.05) is 13.3 Å². The highest BCUT2D eigenvalue weighted by molar-refractivity contribution is 5.76. The second-order valence-corrected chi connectivity index (χ2v) is 4.63. The van der Waals surface area contributed by atoms with Crippen LogP contribution >= 0.6 is 0 Å². The molecule has 1 fully saturated rings. The fraction of sp³-hybridized carbons (Fsp3) is 0.909. The SMILES string of the molecule is CCC1CNCC1N(CC(N)=O)C(C)C. The predicted octanol–water partition coefficient (Wildman–Crippen LogP) is 0.180. The summed E-state index contributed by atoms with van der Waals surface area (Å²) in [6.07, 6.45) is 1.15. The Bertz CT molecular complexity index is 218. The van der Waals surface area contributed by atoms with E-state index in [1.165, 1.54) is 0 Å². The highest BCUT2D eigenvalue weighted by atomic mass is 16.1. The molecule has 0 spiro atoms. The van der Waals surface area contributed by atoms with Gasteiger partial charge in [-0.05, 0) is 26.3 Å². The van der Waals surface area contributed by atoms with E-state index in [0.717, 1.165) is 19.5 Å². The zero-order chi connectivity index (χ0) is 11.4. The van der Waals surface area contributed by atoms with E-state index in [-0.39, 0.29) is 5.91 Å². The molecular weight excluding hydrogens is 190 g/mol. The topological polar surface area (TPSA) is 58.4 Å². The van der Waals surface area contributed by atoms with Crippen molar-refractivity contribution in [1.29, 1.82) is 0 Å². The molecule has 0 radical (unpaired) electrons. The number of primary amides is 1. The van der Waals surface area contributed by atoms with Gasteiger partial charge in [0.2, 0.25) is 5.91 Å². The largest absolute Gasteiger partial charge is 0.369 e. The molecule has 1 saturated heterocycles. The summed E-state index contributed by atoms with van der Waals surface area (Å²) in [5.41, 5.74) is 5.28. The third kappa shape index (κ3) is 3.18. The summed E-state index contributed by atoms with van der Waals surface area (Å²) < 4.78 is 0. The average Bonchev–Trinajstić information content (AvgIpc) is 2.60. The molecule has 1 aliphatic heterocycles. The minimum Gasteiger partial charge on any atom is -0.369 e. The second-order valence-electron chi connectivity index (χ2n) is 4.63. The summed E-state index contributed by atoms with van der Waals surface area (Å²) in [7, 11) is 0. The minimum atomic E-state index is -0.231. The molecule has 2 unspecified atom stereocenters. The fourth-order valence-electron chi connectivity index (χ4n) is 2.39. The Kier molecular flexibility index (Phi) is 4.54. The van der Waals surface area contributed by atoms with Crippen LogP contribution < -0.4 is 11.1 Å². The number of nitrogens with one attached hydrogen (secondary N) is 1. The van der Waals surface area contributed by atoms with Gasteiger partial charge in [0.15, 0.2) is 0 Å². The van der Waals surface area contributed by atoms with Crippen molar-refractivity contribution in [3.63, 3.8) is 0 Å². The quantitative estimate of drug-likeness (QED) is 0.685. The Morgan fingerprint density at radius 3 is 2.67 bits per heavy atom. The third-order valence-electron chi connectivity index (χ3n) is 3.26. The number of carbonyl (C=O) groups excluding carboxylic acids is 1. The van der Waals surface area contributed by atoms with E-state index in [0.29, 0.717) is 24.5 Å². The molecule has 2 atom stereocenters. The summed E-state index contributed by atoms with van der Waals surface area (Å²) >= 11 is 0. The van der Waals surface area contributed by atoms with Gasteiger partial charge in [-0.2, -0.15) is 0 Å². The van der Waals surface area contributed by atoms with E-state index in [4.69, 9.17) is 5.73 Å². The highest BCUT2D eigenvalue weighted by Crippen LogP contribution is 2.20. The van der Waals surface area contributed by atoms with Crippen LogP contribution in [-0.2, 0) is 4.79 Å². The lowest BCUT2D eigenvalue weighted by Gasteiger charge is -2.34. The monoisotopic (exact) mass is 213 g/mol. The molecule has 0 aliphatic carbocycles. The molecule has 4 heteroatoms. The van der Waals surface area contributed by atoms with Gasteiger partial charge in [0.05, 0.1) is 6.54 Å². The Hall–Kier alpha value is -0.610. The lowest BCUT2D eigenvalue weighted by molar-refractivity contribution is -0.120. The van der Waals surface area contributed by atoms with Crippen molar-refractivity contribution in [3.05, 3.63) is 0 Å². The van der Waals surface area contributed by atoms with Crippen molar-refractivity contribution in [2.24, 2.45) is 11.7 Å². The molecule has 1 aliphatic rings. The van der Waals surface area contributed by atoms with Crippen LogP contribution in [0.1, 0.15) is 27.2 Å². The molecule has 4 nitrogen and oxygen atoms in total. The summed E-state index contributed by atoms with van der Waals surface area (Å²) in [4.78, 5) is 13.2. The van der Waals surface area contributed by atoms with Crippen LogP contribution in [0.3, 0.4) is 0 Å². The van der Waals surface area contributed by atoms with Gasteiger partial charge in [0, 0.05) is 18.6 Å².